The van der Waals surface area contributed by atoms with Gasteiger partial charge < -0.3 is 14.2 Å². The molecular formula is C22H22F3NO4S. The van der Waals surface area contributed by atoms with Crippen LogP contribution in [0, 0.1) is 24.2 Å². The Hall–Kier alpha value is -2.86. The molecule has 166 valence electrons. The predicted molar refractivity (Wildman–Crippen MR) is 110 cm³/mol. The number of benzene rings is 2. The zero-order valence-corrected chi connectivity index (χ0v) is 17.7. The van der Waals surface area contributed by atoms with E-state index in [0.717, 1.165) is 22.6 Å². The number of hydrogen-bond donors (Lipinski definition) is 0. The number of ether oxygens (including phenoxy) is 3. The normalized spacial score (nSPS) is 12.0. The number of aryl methyl sites for hydroxylation is 1. The molecule has 0 aliphatic carbocycles. The number of nitriles is 1. The smallest absolute Gasteiger partial charge is 0.416 e. The Kier molecular flexibility index (Phi) is 9.53. The van der Waals surface area contributed by atoms with Crippen molar-refractivity contribution in [2.24, 2.45) is 5.92 Å². The maximum absolute atomic E-state index is 12.7. The van der Waals surface area contributed by atoms with Crippen molar-refractivity contribution in [3.8, 4) is 17.6 Å². The molecule has 0 radical (unpaired) electrons. The van der Waals surface area contributed by atoms with Crippen molar-refractivity contribution >= 4 is 18.2 Å². The molecule has 2 aromatic rings. The largest absolute Gasteiger partial charge is 0.493 e. The number of nitrogens with zero attached hydrogens (tertiary/aromatic N) is 1. The van der Waals surface area contributed by atoms with Crippen molar-refractivity contribution in [3.63, 3.8) is 0 Å². The lowest BCUT2D eigenvalue weighted by Gasteiger charge is -2.17. The highest BCUT2D eigenvalue weighted by Crippen LogP contribution is 2.31. The van der Waals surface area contributed by atoms with E-state index in [1.54, 1.807) is 17.8 Å². The summed E-state index contributed by atoms with van der Waals surface area (Å²) in [5.74, 6) is 1.69. The lowest BCUT2D eigenvalue weighted by molar-refractivity contribution is -0.137. The number of hydrogen-bond acceptors (Lipinski definition) is 6. The number of rotatable bonds is 12. The molecule has 2 aromatic carbocycles. The van der Waals surface area contributed by atoms with Crippen molar-refractivity contribution < 1.29 is 32.2 Å². The molecule has 0 spiro atoms. The molecule has 0 amide bonds. The summed E-state index contributed by atoms with van der Waals surface area (Å²) >= 11 is 1.59. The summed E-state index contributed by atoms with van der Waals surface area (Å²) < 4.78 is 53.5. The Bertz CT molecular complexity index is 882. The maximum atomic E-state index is 12.7. The standard InChI is InChI=1S/C22H22F3NO4S/c1-16-11-20(8-9-21(16)30-15-28-14-27)31-13-17(3-2-10-26)12-29-19-6-4-18(5-7-19)22(23,24)25/h4-9,11,14,17H,2-3,12-13,15H2,1H3. The van der Waals surface area contributed by atoms with Gasteiger partial charge in [0.25, 0.3) is 6.47 Å². The highest BCUT2D eigenvalue weighted by Gasteiger charge is 2.30. The number of alkyl halides is 3. The van der Waals surface area contributed by atoms with Crippen molar-refractivity contribution in [1.29, 1.82) is 5.26 Å². The summed E-state index contributed by atoms with van der Waals surface area (Å²) in [5, 5.41) is 8.90. The third-order valence-electron chi connectivity index (χ3n) is 4.31. The molecule has 0 bridgehead atoms. The van der Waals surface area contributed by atoms with Crippen molar-refractivity contribution in [1.82, 2.24) is 0 Å². The second kappa shape index (κ2) is 12.1. The van der Waals surface area contributed by atoms with Gasteiger partial charge in [-0.2, -0.15) is 18.4 Å². The van der Waals surface area contributed by atoms with Crippen LogP contribution in [0.3, 0.4) is 0 Å². The van der Waals surface area contributed by atoms with Crippen LogP contribution in [0.25, 0.3) is 0 Å². The molecule has 0 saturated carbocycles. The minimum absolute atomic E-state index is 0.0455. The van der Waals surface area contributed by atoms with E-state index in [1.807, 2.05) is 19.1 Å². The minimum Gasteiger partial charge on any atom is -0.493 e. The topological polar surface area (TPSA) is 68.6 Å². The van der Waals surface area contributed by atoms with E-state index >= 15 is 0 Å². The zero-order valence-electron chi connectivity index (χ0n) is 16.9. The molecule has 0 aliphatic rings. The van der Waals surface area contributed by atoms with E-state index in [1.165, 1.54) is 12.1 Å². The zero-order chi connectivity index (χ0) is 22.7. The fraction of sp³-hybridized carbons (Fsp3) is 0.364. The van der Waals surface area contributed by atoms with E-state index in [9.17, 15) is 18.0 Å². The Balaban J connectivity index is 1.91. The first-order chi connectivity index (χ1) is 14.8. The average Bonchev–Trinajstić information content (AvgIpc) is 2.74. The second-order valence-electron chi connectivity index (χ2n) is 6.66. The first-order valence-corrected chi connectivity index (χ1v) is 10.4. The fourth-order valence-corrected chi connectivity index (χ4v) is 3.77. The number of halogens is 3. The molecule has 0 fully saturated rings. The number of carbonyl (C=O) groups is 1. The van der Waals surface area contributed by atoms with Crippen LogP contribution in [0.4, 0.5) is 13.2 Å². The summed E-state index contributed by atoms with van der Waals surface area (Å²) in [6.07, 6.45) is -3.40. The molecule has 31 heavy (non-hydrogen) atoms. The summed E-state index contributed by atoms with van der Waals surface area (Å²) in [6.45, 7) is 2.33. The van der Waals surface area contributed by atoms with Gasteiger partial charge >= 0.3 is 6.18 Å². The van der Waals surface area contributed by atoms with Gasteiger partial charge in [-0.05, 0) is 61.4 Å². The SMILES string of the molecule is Cc1cc(SCC(CCC#N)COc2ccc(C(F)(F)F)cc2)ccc1OCOC=O. The summed E-state index contributed by atoms with van der Waals surface area (Å²) in [5.41, 5.74) is 0.158. The van der Waals surface area contributed by atoms with Gasteiger partial charge in [-0.3, -0.25) is 4.79 Å². The van der Waals surface area contributed by atoms with Crippen LogP contribution in [0.5, 0.6) is 11.5 Å². The van der Waals surface area contributed by atoms with Crippen LogP contribution in [-0.4, -0.2) is 25.6 Å². The summed E-state index contributed by atoms with van der Waals surface area (Å²) in [6, 6.07) is 12.3. The average molecular weight is 453 g/mol. The van der Waals surface area contributed by atoms with E-state index in [-0.39, 0.29) is 12.7 Å². The second-order valence-corrected chi connectivity index (χ2v) is 7.75. The van der Waals surface area contributed by atoms with Gasteiger partial charge in [-0.1, -0.05) is 0 Å². The Morgan fingerprint density at radius 2 is 1.90 bits per heavy atom. The van der Waals surface area contributed by atoms with Gasteiger partial charge in [-0.25, -0.2) is 0 Å². The molecule has 0 aromatic heterocycles. The van der Waals surface area contributed by atoms with Gasteiger partial charge in [0.15, 0.2) is 0 Å². The van der Waals surface area contributed by atoms with Crippen molar-refractivity contribution in [2.75, 3.05) is 19.2 Å². The Morgan fingerprint density at radius 3 is 2.52 bits per heavy atom. The molecule has 9 heteroatoms. The highest BCUT2D eigenvalue weighted by atomic mass is 32.2. The summed E-state index contributed by atoms with van der Waals surface area (Å²) in [4.78, 5) is 11.2. The van der Waals surface area contributed by atoms with E-state index in [2.05, 4.69) is 10.8 Å². The molecule has 2 rings (SSSR count). The van der Waals surface area contributed by atoms with Gasteiger partial charge in [-0.15, -0.1) is 11.8 Å². The summed E-state index contributed by atoms with van der Waals surface area (Å²) in [7, 11) is 0. The number of thioether (sulfide) groups is 1. The molecule has 5 nitrogen and oxygen atoms in total. The monoisotopic (exact) mass is 453 g/mol. The molecule has 0 N–H and O–H groups in total. The van der Waals surface area contributed by atoms with Gasteiger partial charge in [0, 0.05) is 23.0 Å². The molecule has 1 atom stereocenters. The van der Waals surface area contributed by atoms with Crippen LogP contribution in [0.1, 0.15) is 24.0 Å². The van der Waals surface area contributed by atoms with Crippen LogP contribution in [-0.2, 0) is 15.7 Å². The Labute approximate surface area is 183 Å². The lowest BCUT2D eigenvalue weighted by Crippen LogP contribution is -2.15. The van der Waals surface area contributed by atoms with Gasteiger partial charge in [0.05, 0.1) is 18.2 Å². The van der Waals surface area contributed by atoms with Crippen LogP contribution < -0.4 is 9.47 Å². The van der Waals surface area contributed by atoms with Gasteiger partial charge in [0.1, 0.15) is 11.5 Å². The fourth-order valence-electron chi connectivity index (χ4n) is 2.65. The van der Waals surface area contributed by atoms with E-state index < -0.39 is 11.7 Å². The molecule has 0 heterocycles. The quantitative estimate of drug-likeness (QED) is 0.180. The highest BCUT2D eigenvalue weighted by molar-refractivity contribution is 7.99. The molecule has 1 unspecified atom stereocenters. The van der Waals surface area contributed by atoms with Crippen molar-refractivity contribution in [3.05, 3.63) is 53.6 Å². The first kappa shape index (κ1) is 24.4. The first-order valence-electron chi connectivity index (χ1n) is 9.42. The van der Waals surface area contributed by atoms with Gasteiger partial charge in [0.2, 0.25) is 6.79 Å². The van der Waals surface area contributed by atoms with E-state index in [4.69, 9.17) is 14.7 Å². The van der Waals surface area contributed by atoms with E-state index in [0.29, 0.717) is 43.2 Å². The molecular weight excluding hydrogens is 431 g/mol. The maximum Gasteiger partial charge on any atom is 0.416 e. The van der Waals surface area contributed by atoms with Crippen molar-refractivity contribution in [2.45, 2.75) is 30.8 Å². The third kappa shape index (κ3) is 8.42. The minimum atomic E-state index is -4.38. The van der Waals surface area contributed by atoms with Crippen LogP contribution in [0.2, 0.25) is 0 Å². The molecule has 0 saturated heterocycles. The number of carbonyl (C=O) groups excluding carboxylic acids is 1. The predicted octanol–water partition coefficient (Wildman–Crippen LogP) is 5.61. The molecule has 0 aliphatic heterocycles. The lowest BCUT2D eigenvalue weighted by atomic mass is 10.1. The van der Waals surface area contributed by atoms with Crippen LogP contribution in [0.15, 0.2) is 47.4 Å². The Morgan fingerprint density at radius 1 is 1.16 bits per heavy atom. The van der Waals surface area contributed by atoms with Crippen LogP contribution >= 0.6 is 11.8 Å². The third-order valence-corrected chi connectivity index (χ3v) is 5.54.